The Morgan fingerprint density at radius 3 is 2.77 bits per heavy atom. The van der Waals surface area contributed by atoms with E-state index < -0.39 is 10.0 Å². The van der Waals surface area contributed by atoms with Gasteiger partial charge >= 0.3 is 0 Å². The lowest BCUT2D eigenvalue weighted by Crippen LogP contribution is -2.40. The minimum Gasteiger partial charge on any atom is -0.379 e. The van der Waals surface area contributed by atoms with E-state index in [4.69, 9.17) is 10.5 Å². The Bertz CT molecular complexity index is 609. The standard InChI is InChI=1S/C13H21N3O4S2/c1-10(8-14)13(17)15-9-11-2-3-12(21-11)22(18,19)16-4-6-20-7-5-16/h2-3,10H,4-9,14H2,1H3,(H,15,17). The zero-order valence-electron chi connectivity index (χ0n) is 12.4. The molecule has 2 heterocycles. The fourth-order valence-electron chi connectivity index (χ4n) is 1.96. The number of nitrogens with one attached hydrogen (secondary N) is 1. The van der Waals surface area contributed by atoms with Gasteiger partial charge in [0, 0.05) is 30.4 Å². The van der Waals surface area contributed by atoms with E-state index in [-0.39, 0.29) is 18.4 Å². The van der Waals surface area contributed by atoms with Crippen molar-refractivity contribution < 1.29 is 17.9 Å². The van der Waals surface area contributed by atoms with Crippen molar-refractivity contribution in [3.8, 4) is 0 Å². The van der Waals surface area contributed by atoms with Gasteiger partial charge in [-0.2, -0.15) is 4.31 Å². The van der Waals surface area contributed by atoms with Crippen LogP contribution >= 0.6 is 11.3 Å². The van der Waals surface area contributed by atoms with Gasteiger partial charge in [0.25, 0.3) is 10.0 Å². The molecule has 2 rings (SSSR count). The maximum atomic E-state index is 12.5. The summed E-state index contributed by atoms with van der Waals surface area (Å²) in [5.74, 6) is -0.384. The molecule has 1 atom stereocenters. The smallest absolute Gasteiger partial charge is 0.252 e. The summed E-state index contributed by atoms with van der Waals surface area (Å²) in [6, 6.07) is 3.31. The number of carbonyl (C=O) groups excluding carboxylic acids is 1. The van der Waals surface area contributed by atoms with Crippen molar-refractivity contribution >= 4 is 27.3 Å². The predicted molar refractivity (Wildman–Crippen MR) is 84.0 cm³/mol. The molecule has 1 amide bonds. The molecule has 0 radical (unpaired) electrons. The topological polar surface area (TPSA) is 102 Å². The number of rotatable bonds is 6. The highest BCUT2D eigenvalue weighted by atomic mass is 32.2. The zero-order chi connectivity index (χ0) is 16.2. The van der Waals surface area contributed by atoms with E-state index in [1.165, 1.54) is 15.6 Å². The Balaban J connectivity index is 2.00. The van der Waals surface area contributed by atoms with Crippen LogP contribution in [0.5, 0.6) is 0 Å². The first-order chi connectivity index (χ1) is 10.4. The zero-order valence-corrected chi connectivity index (χ0v) is 14.1. The highest BCUT2D eigenvalue weighted by molar-refractivity contribution is 7.91. The number of sulfonamides is 1. The van der Waals surface area contributed by atoms with E-state index in [2.05, 4.69) is 5.32 Å². The van der Waals surface area contributed by atoms with Crippen LogP contribution in [0.25, 0.3) is 0 Å². The van der Waals surface area contributed by atoms with Gasteiger partial charge in [0.2, 0.25) is 5.91 Å². The number of nitrogens with two attached hydrogens (primary N) is 1. The second kappa shape index (κ2) is 7.51. The molecule has 22 heavy (non-hydrogen) atoms. The Morgan fingerprint density at radius 2 is 2.14 bits per heavy atom. The van der Waals surface area contributed by atoms with Crippen LogP contribution in [0, 0.1) is 5.92 Å². The maximum absolute atomic E-state index is 12.5. The molecule has 7 nitrogen and oxygen atoms in total. The van der Waals surface area contributed by atoms with Crippen LogP contribution in [0.2, 0.25) is 0 Å². The molecule has 0 aromatic carbocycles. The molecule has 3 N–H and O–H groups in total. The molecule has 0 aliphatic carbocycles. The second-order valence-electron chi connectivity index (χ2n) is 5.09. The Labute approximate surface area is 134 Å². The number of ether oxygens (including phenoxy) is 1. The van der Waals surface area contributed by atoms with Gasteiger partial charge in [-0.3, -0.25) is 4.79 Å². The SMILES string of the molecule is CC(CN)C(=O)NCc1ccc(S(=O)(=O)N2CCOCC2)s1. The molecule has 9 heteroatoms. The summed E-state index contributed by atoms with van der Waals surface area (Å²) in [6.07, 6.45) is 0. The van der Waals surface area contributed by atoms with Crippen molar-refractivity contribution in [1.82, 2.24) is 9.62 Å². The highest BCUT2D eigenvalue weighted by Gasteiger charge is 2.27. The van der Waals surface area contributed by atoms with Crippen molar-refractivity contribution in [2.45, 2.75) is 17.7 Å². The number of morpholine rings is 1. The average Bonchev–Trinajstić information content (AvgIpc) is 3.02. The Hall–Kier alpha value is -1.00. The third-order valence-electron chi connectivity index (χ3n) is 3.44. The maximum Gasteiger partial charge on any atom is 0.252 e. The molecule has 1 aliphatic rings. The minimum atomic E-state index is -3.46. The van der Waals surface area contributed by atoms with Crippen LogP contribution in [0.1, 0.15) is 11.8 Å². The first-order valence-corrected chi connectivity index (χ1v) is 9.35. The number of nitrogens with zero attached hydrogens (tertiary/aromatic N) is 1. The Morgan fingerprint density at radius 1 is 1.45 bits per heavy atom. The van der Waals surface area contributed by atoms with Crippen LogP contribution in [-0.2, 0) is 26.1 Å². The lowest BCUT2D eigenvalue weighted by Gasteiger charge is -2.25. The van der Waals surface area contributed by atoms with Gasteiger partial charge in [0.05, 0.1) is 19.8 Å². The summed E-state index contributed by atoms with van der Waals surface area (Å²) in [5.41, 5.74) is 5.43. The first kappa shape index (κ1) is 17.4. The molecule has 1 aromatic rings. The van der Waals surface area contributed by atoms with Crippen LogP contribution < -0.4 is 11.1 Å². The molecule has 1 saturated heterocycles. The van der Waals surface area contributed by atoms with E-state index >= 15 is 0 Å². The molecule has 124 valence electrons. The summed E-state index contributed by atoms with van der Waals surface area (Å²) in [5, 5.41) is 2.76. The van der Waals surface area contributed by atoms with Crippen LogP contribution in [0.4, 0.5) is 0 Å². The van der Waals surface area contributed by atoms with Gasteiger partial charge < -0.3 is 15.8 Å². The van der Waals surface area contributed by atoms with Gasteiger partial charge in [0.15, 0.2) is 0 Å². The second-order valence-corrected chi connectivity index (χ2v) is 8.42. The lowest BCUT2D eigenvalue weighted by atomic mass is 10.2. The summed E-state index contributed by atoms with van der Waals surface area (Å²) in [4.78, 5) is 12.5. The fraction of sp³-hybridized carbons (Fsp3) is 0.615. The van der Waals surface area contributed by atoms with Gasteiger partial charge in [-0.1, -0.05) is 6.92 Å². The van der Waals surface area contributed by atoms with E-state index in [0.29, 0.717) is 37.1 Å². The molecule has 1 unspecified atom stereocenters. The highest BCUT2D eigenvalue weighted by Crippen LogP contribution is 2.25. The number of amides is 1. The van der Waals surface area contributed by atoms with Crippen molar-refractivity contribution in [1.29, 1.82) is 0 Å². The molecular formula is C13H21N3O4S2. The summed E-state index contributed by atoms with van der Waals surface area (Å²) in [6.45, 7) is 3.94. The molecule has 0 saturated carbocycles. The molecular weight excluding hydrogens is 326 g/mol. The van der Waals surface area contributed by atoms with E-state index in [0.717, 1.165) is 4.88 Å². The summed E-state index contributed by atoms with van der Waals surface area (Å²) in [7, 11) is -3.46. The normalized spacial score (nSPS) is 18.1. The van der Waals surface area contributed by atoms with Crippen LogP contribution in [0.15, 0.2) is 16.3 Å². The summed E-state index contributed by atoms with van der Waals surface area (Å²) < 4.78 is 31.8. The van der Waals surface area contributed by atoms with Crippen molar-refractivity contribution in [3.63, 3.8) is 0 Å². The number of hydrogen-bond donors (Lipinski definition) is 2. The van der Waals surface area contributed by atoms with E-state index in [1.807, 2.05) is 0 Å². The fourth-order valence-corrected chi connectivity index (χ4v) is 4.82. The predicted octanol–water partition coefficient (Wildman–Crippen LogP) is -0.0200. The number of hydrogen-bond acceptors (Lipinski definition) is 6. The third kappa shape index (κ3) is 4.05. The Kier molecular flexibility index (Phi) is 5.93. The lowest BCUT2D eigenvalue weighted by molar-refractivity contribution is -0.124. The minimum absolute atomic E-state index is 0.131. The third-order valence-corrected chi connectivity index (χ3v) is 6.89. The quantitative estimate of drug-likeness (QED) is 0.753. The molecule has 1 aromatic heterocycles. The molecule has 1 aliphatic heterocycles. The van der Waals surface area contributed by atoms with Gasteiger partial charge in [-0.05, 0) is 12.1 Å². The van der Waals surface area contributed by atoms with E-state index in [9.17, 15) is 13.2 Å². The number of thiophene rings is 1. The van der Waals surface area contributed by atoms with Gasteiger partial charge in [-0.25, -0.2) is 8.42 Å². The van der Waals surface area contributed by atoms with Crippen molar-refractivity contribution in [3.05, 3.63) is 17.0 Å². The van der Waals surface area contributed by atoms with Gasteiger partial charge in [-0.15, -0.1) is 11.3 Å². The number of carbonyl (C=O) groups is 1. The first-order valence-electron chi connectivity index (χ1n) is 7.09. The van der Waals surface area contributed by atoms with Crippen LogP contribution in [0.3, 0.4) is 0 Å². The molecule has 1 fully saturated rings. The van der Waals surface area contributed by atoms with Gasteiger partial charge in [0.1, 0.15) is 4.21 Å². The molecule has 0 spiro atoms. The molecule has 0 bridgehead atoms. The van der Waals surface area contributed by atoms with Crippen molar-refractivity contribution in [2.24, 2.45) is 11.7 Å². The van der Waals surface area contributed by atoms with Crippen molar-refractivity contribution in [2.75, 3.05) is 32.8 Å². The monoisotopic (exact) mass is 347 g/mol. The average molecular weight is 347 g/mol. The van der Waals surface area contributed by atoms with E-state index in [1.54, 1.807) is 19.1 Å². The largest absolute Gasteiger partial charge is 0.379 e. The van der Waals surface area contributed by atoms with Crippen LogP contribution in [-0.4, -0.2) is 51.5 Å². The summed E-state index contributed by atoms with van der Waals surface area (Å²) >= 11 is 1.18.